The van der Waals surface area contributed by atoms with Gasteiger partial charge < -0.3 is 14.7 Å². The van der Waals surface area contributed by atoms with Crippen molar-refractivity contribution in [2.24, 2.45) is 5.41 Å². The Balaban J connectivity index is 1.42. The van der Waals surface area contributed by atoms with Gasteiger partial charge in [-0.25, -0.2) is 4.68 Å². The first kappa shape index (κ1) is 27.9. The topological polar surface area (TPSA) is 97.5 Å². The standard InChI is InChI=1S/C34H38N4O4/c1-22-18-27-11-12-28(22)32(39)37-16-14-23-8-9-24(19-26(23)21-37)31(34(2,3)33(40)41)25-10-13-30-29(20-25)35-36-38(30)15-6-4-5-7-17-42-27/h8-13,18-20,31H,4-7,14-17,21H2,1-3H3,(H,40,41)/t31-/m1/s1. The molecule has 1 amide bonds. The monoisotopic (exact) mass is 566 g/mol. The maximum absolute atomic E-state index is 13.7. The van der Waals surface area contributed by atoms with Crippen LogP contribution >= 0.6 is 0 Å². The Hall–Kier alpha value is -4.20. The quantitative estimate of drug-likeness (QED) is 0.313. The van der Waals surface area contributed by atoms with Crippen molar-refractivity contribution >= 4 is 22.9 Å². The lowest BCUT2D eigenvalue weighted by molar-refractivity contribution is -0.147. The molecule has 4 aromatic rings. The number of carbonyl (C=O) groups is 2. The molecule has 42 heavy (non-hydrogen) atoms. The lowest BCUT2D eigenvalue weighted by Crippen LogP contribution is -2.36. The van der Waals surface area contributed by atoms with Crippen LogP contribution < -0.4 is 4.74 Å². The van der Waals surface area contributed by atoms with Gasteiger partial charge >= 0.3 is 5.97 Å². The van der Waals surface area contributed by atoms with E-state index in [9.17, 15) is 14.7 Å². The molecule has 8 heteroatoms. The number of hydrogen-bond acceptors (Lipinski definition) is 5. The van der Waals surface area contributed by atoms with E-state index in [2.05, 4.69) is 28.5 Å². The number of ether oxygens (including phenoxy) is 1. The van der Waals surface area contributed by atoms with Gasteiger partial charge in [0.05, 0.1) is 17.5 Å². The Morgan fingerprint density at radius 3 is 2.55 bits per heavy atom. The highest BCUT2D eigenvalue weighted by Crippen LogP contribution is 2.43. The van der Waals surface area contributed by atoms with Gasteiger partial charge in [0.2, 0.25) is 0 Å². The fourth-order valence-electron chi connectivity index (χ4n) is 6.46. The van der Waals surface area contributed by atoms with Gasteiger partial charge in [-0.15, -0.1) is 5.10 Å². The van der Waals surface area contributed by atoms with Crippen LogP contribution in [0.4, 0.5) is 0 Å². The molecular weight excluding hydrogens is 528 g/mol. The van der Waals surface area contributed by atoms with Crippen LogP contribution in [0.1, 0.15) is 83.6 Å². The molecule has 0 saturated carbocycles. The van der Waals surface area contributed by atoms with Gasteiger partial charge in [-0.3, -0.25) is 9.59 Å². The second kappa shape index (κ2) is 11.2. The summed E-state index contributed by atoms with van der Waals surface area (Å²) in [4.78, 5) is 28.2. The molecule has 8 nitrogen and oxygen atoms in total. The van der Waals surface area contributed by atoms with Gasteiger partial charge in [0.1, 0.15) is 11.3 Å². The predicted molar refractivity (Wildman–Crippen MR) is 161 cm³/mol. The number of rotatable bonds is 2. The van der Waals surface area contributed by atoms with Gasteiger partial charge in [0, 0.05) is 31.1 Å². The van der Waals surface area contributed by atoms with Gasteiger partial charge in [-0.1, -0.05) is 35.9 Å². The second-order valence-electron chi connectivity index (χ2n) is 12.3. The third kappa shape index (κ3) is 5.26. The largest absolute Gasteiger partial charge is 0.494 e. The van der Waals surface area contributed by atoms with Crippen molar-refractivity contribution in [2.45, 2.75) is 71.9 Å². The summed E-state index contributed by atoms with van der Waals surface area (Å²) in [6.45, 7) is 8.05. The number of carboxylic acids is 1. The molecule has 3 aromatic carbocycles. The van der Waals surface area contributed by atoms with Crippen molar-refractivity contribution in [1.29, 1.82) is 0 Å². The normalized spacial score (nSPS) is 18.1. The van der Waals surface area contributed by atoms with Crippen LogP contribution in [0.5, 0.6) is 5.75 Å². The number of aryl methyl sites for hydroxylation is 2. The Kier molecular flexibility index (Phi) is 7.47. The van der Waals surface area contributed by atoms with E-state index in [-0.39, 0.29) is 5.91 Å². The zero-order valence-corrected chi connectivity index (χ0v) is 24.6. The third-order valence-corrected chi connectivity index (χ3v) is 8.97. The number of aromatic nitrogens is 3. The van der Waals surface area contributed by atoms with Crippen molar-refractivity contribution < 1.29 is 19.4 Å². The van der Waals surface area contributed by atoms with Crippen LogP contribution in [-0.2, 0) is 24.3 Å². The van der Waals surface area contributed by atoms with E-state index in [0.29, 0.717) is 25.3 Å². The van der Waals surface area contributed by atoms with Crippen molar-refractivity contribution in [3.63, 3.8) is 0 Å². The smallest absolute Gasteiger partial charge is 0.310 e. The average molecular weight is 567 g/mol. The summed E-state index contributed by atoms with van der Waals surface area (Å²) in [7, 11) is 0. The minimum atomic E-state index is -1.09. The third-order valence-electron chi connectivity index (χ3n) is 8.97. The summed E-state index contributed by atoms with van der Waals surface area (Å²) in [6, 6.07) is 18.0. The van der Waals surface area contributed by atoms with E-state index in [1.807, 2.05) is 52.9 Å². The first-order valence-corrected chi connectivity index (χ1v) is 14.9. The van der Waals surface area contributed by atoms with E-state index in [4.69, 9.17) is 4.74 Å². The first-order chi connectivity index (χ1) is 20.2. The van der Waals surface area contributed by atoms with E-state index in [1.165, 1.54) is 5.56 Å². The van der Waals surface area contributed by atoms with Gasteiger partial charge in [0.25, 0.3) is 5.91 Å². The SMILES string of the molecule is Cc1cc2ccc1C(=O)N1CCc3ccc(cc3C1)[C@@H](C(C)(C)C(=O)O)c1ccc3c(c1)nnn3CCCCCCO2. The molecule has 1 N–H and O–H groups in total. The molecule has 0 unspecified atom stereocenters. The molecule has 1 atom stereocenters. The van der Waals surface area contributed by atoms with E-state index in [0.717, 1.165) is 77.7 Å². The Labute approximate surface area is 246 Å². The fraction of sp³-hybridized carbons (Fsp3) is 0.412. The average Bonchev–Trinajstić information content (AvgIpc) is 3.37. The highest BCUT2D eigenvalue weighted by molar-refractivity contribution is 5.96. The Bertz CT molecular complexity index is 1660. The highest BCUT2D eigenvalue weighted by Gasteiger charge is 2.39. The number of hydrogen-bond donors (Lipinski definition) is 1. The summed E-state index contributed by atoms with van der Waals surface area (Å²) in [6.07, 6.45) is 4.79. The van der Waals surface area contributed by atoms with Crippen LogP contribution in [0.2, 0.25) is 0 Å². The first-order valence-electron chi connectivity index (χ1n) is 14.9. The Morgan fingerprint density at radius 1 is 0.952 bits per heavy atom. The fourth-order valence-corrected chi connectivity index (χ4v) is 6.46. The molecule has 0 spiro atoms. The highest BCUT2D eigenvalue weighted by atomic mass is 16.5. The molecule has 9 rings (SSSR count). The van der Waals surface area contributed by atoms with E-state index >= 15 is 0 Å². The van der Waals surface area contributed by atoms with Gasteiger partial charge in [0.15, 0.2) is 0 Å². The zero-order chi connectivity index (χ0) is 29.4. The summed E-state index contributed by atoms with van der Waals surface area (Å²) < 4.78 is 7.94. The second-order valence-corrected chi connectivity index (χ2v) is 12.3. The number of carboxylic acid groups (broad SMARTS) is 1. The van der Waals surface area contributed by atoms with Crippen LogP contribution in [0.25, 0.3) is 11.0 Å². The molecule has 5 aliphatic heterocycles. The molecular formula is C34H38N4O4. The number of nitrogens with zero attached hydrogens (tertiary/aromatic N) is 4. The maximum atomic E-state index is 13.7. The number of benzene rings is 3. The summed E-state index contributed by atoms with van der Waals surface area (Å²) in [5.74, 6) is -0.496. The van der Waals surface area contributed by atoms with Crippen molar-refractivity contribution in [3.8, 4) is 5.75 Å². The minimum absolute atomic E-state index is 0.00412. The van der Waals surface area contributed by atoms with Crippen LogP contribution in [-0.4, -0.2) is 50.0 Å². The summed E-state index contributed by atoms with van der Waals surface area (Å²) in [5, 5.41) is 19.2. The Morgan fingerprint density at radius 2 is 1.74 bits per heavy atom. The molecule has 218 valence electrons. The van der Waals surface area contributed by atoms with Crippen LogP contribution in [0, 0.1) is 12.3 Å². The van der Waals surface area contributed by atoms with Crippen LogP contribution in [0.3, 0.4) is 0 Å². The molecule has 9 bridgehead atoms. The van der Waals surface area contributed by atoms with Crippen LogP contribution in [0.15, 0.2) is 54.6 Å². The molecule has 0 aliphatic carbocycles. The molecule has 1 aromatic heterocycles. The zero-order valence-electron chi connectivity index (χ0n) is 24.6. The number of amides is 1. The maximum Gasteiger partial charge on any atom is 0.310 e. The lowest BCUT2D eigenvalue weighted by atomic mass is 9.70. The molecule has 5 aliphatic rings. The molecule has 0 saturated heterocycles. The van der Waals surface area contributed by atoms with Crippen molar-refractivity contribution in [3.05, 3.63) is 88.0 Å². The molecule has 6 heterocycles. The number of aliphatic carboxylic acids is 1. The predicted octanol–water partition coefficient (Wildman–Crippen LogP) is 6.13. The van der Waals surface area contributed by atoms with Crippen molar-refractivity contribution in [1.82, 2.24) is 19.9 Å². The number of carbonyl (C=O) groups excluding carboxylic acids is 1. The minimum Gasteiger partial charge on any atom is -0.494 e. The van der Waals surface area contributed by atoms with Gasteiger partial charge in [-0.05, 0) is 105 Å². The van der Waals surface area contributed by atoms with E-state index in [1.54, 1.807) is 13.8 Å². The van der Waals surface area contributed by atoms with E-state index < -0.39 is 17.3 Å². The lowest BCUT2D eigenvalue weighted by Gasteiger charge is -2.34. The van der Waals surface area contributed by atoms with Crippen molar-refractivity contribution in [2.75, 3.05) is 13.2 Å². The van der Waals surface area contributed by atoms with Gasteiger partial charge in [-0.2, -0.15) is 0 Å². The summed E-state index contributed by atoms with van der Waals surface area (Å²) in [5.41, 5.74) is 6.27. The summed E-state index contributed by atoms with van der Waals surface area (Å²) >= 11 is 0. The molecule has 0 radical (unpaired) electrons. The molecule has 0 fully saturated rings.